The number of fused-ring (bicyclic) bond motifs is 1. The van der Waals surface area contributed by atoms with Crippen LogP contribution in [0.4, 0.5) is 14.5 Å². The van der Waals surface area contributed by atoms with Crippen LogP contribution in [-0.4, -0.2) is 36.7 Å². The van der Waals surface area contributed by atoms with Crippen LogP contribution in [0.15, 0.2) is 54.7 Å². The van der Waals surface area contributed by atoms with E-state index in [0.717, 1.165) is 17.7 Å². The fraction of sp³-hybridized carbons (Fsp3) is 0.200. The van der Waals surface area contributed by atoms with Crippen LogP contribution in [0.1, 0.15) is 31.8 Å². The molecule has 0 spiro atoms. The van der Waals surface area contributed by atoms with E-state index < -0.39 is 35.1 Å². The largest absolute Gasteiger partial charge is 0.481 e. The maximum absolute atomic E-state index is 13.6. The number of pyridine rings is 1. The van der Waals surface area contributed by atoms with Crippen molar-refractivity contribution in [3.63, 3.8) is 0 Å². The van der Waals surface area contributed by atoms with E-state index in [2.05, 4.69) is 10.3 Å². The molecule has 1 aliphatic heterocycles. The van der Waals surface area contributed by atoms with Gasteiger partial charge in [0.1, 0.15) is 5.92 Å². The van der Waals surface area contributed by atoms with E-state index >= 15 is 0 Å². The number of hydrogen-bond donors (Lipinski definition) is 1. The first kappa shape index (κ1) is 23.0. The average Bonchev–Trinajstić information content (AvgIpc) is 2.85. The van der Waals surface area contributed by atoms with Gasteiger partial charge in [0.2, 0.25) is 11.8 Å². The second-order valence-corrected chi connectivity index (χ2v) is 7.89. The van der Waals surface area contributed by atoms with Crippen molar-refractivity contribution in [3.8, 4) is 5.88 Å². The van der Waals surface area contributed by atoms with Crippen LogP contribution in [0.25, 0.3) is 0 Å². The zero-order chi connectivity index (χ0) is 24.4. The highest BCUT2D eigenvalue weighted by Gasteiger charge is 2.38. The van der Waals surface area contributed by atoms with Gasteiger partial charge in [0.15, 0.2) is 17.4 Å². The van der Waals surface area contributed by atoms with Gasteiger partial charge in [-0.1, -0.05) is 6.07 Å². The van der Waals surface area contributed by atoms with E-state index in [4.69, 9.17) is 4.74 Å². The Hall–Kier alpha value is -4.14. The lowest BCUT2D eigenvalue weighted by Crippen LogP contribution is -2.43. The van der Waals surface area contributed by atoms with Crippen molar-refractivity contribution in [2.75, 3.05) is 19.1 Å². The minimum absolute atomic E-state index is 0.0844. The zero-order valence-electron chi connectivity index (χ0n) is 18.5. The predicted molar refractivity (Wildman–Crippen MR) is 120 cm³/mol. The number of halogens is 2. The molecule has 0 bridgehead atoms. The summed E-state index contributed by atoms with van der Waals surface area (Å²) in [5.74, 6) is -4.07. The quantitative estimate of drug-likeness (QED) is 0.565. The molecule has 0 fully saturated rings. The zero-order valence-corrected chi connectivity index (χ0v) is 18.5. The van der Waals surface area contributed by atoms with Crippen molar-refractivity contribution < 1.29 is 27.9 Å². The van der Waals surface area contributed by atoms with Gasteiger partial charge in [0.25, 0.3) is 5.91 Å². The number of rotatable bonds is 6. The van der Waals surface area contributed by atoms with Crippen LogP contribution < -0.4 is 15.0 Å². The number of hydrogen-bond acceptors (Lipinski definition) is 5. The van der Waals surface area contributed by atoms with Gasteiger partial charge in [0.05, 0.1) is 12.8 Å². The van der Waals surface area contributed by atoms with Crippen molar-refractivity contribution in [2.24, 2.45) is 5.92 Å². The predicted octanol–water partition coefficient (Wildman–Crippen LogP) is 3.32. The fourth-order valence-electron chi connectivity index (χ4n) is 3.86. The first-order valence-electron chi connectivity index (χ1n) is 10.5. The molecule has 1 atom stereocenters. The molecule has 7 nitrogen and oxygen atoms in total. The topological polar surface area (TPSA) is 88.6 Å². The molecule has 2 heterocycles. The number of nitrogens with one attached hydrogen (secondary N) is 1. The molecule has 1 unspecified atom stereocenters. The highest BCUT2D eigenvalue weighted by Crippen LogP contribution is 2.32. The number of Topliss-reactive ketones (excluding diaryl/α,β-unsaturated/α-hetero) is 1. The van der Waals surface area contributed by atoms with Gasteiger partial charge in [-0.3, -0.25) is 14.4 Å². The summed E-state index contributed by atoms with van der Waals surface area (Å²) in [6, 6.07) is 11.2. The van der Waals surface area contributed by atoms with E-state index in [1.54, 1.807) is 24.4 Å². The average molecular weight is 465 g/mol. The number of aromatic nitrogens is 1. The van der Waals surface area contributed by atoms with Crippen LogP contribution in [0, 0.1) is 17.6 Å². The molecular formula is C25H21F2N3O4. The Morgan fingerprint density at radius 2 is 1.85 bits per heavy atom. The summed E-state index contributed by atoms with van der Waals surface area (Å²) in [5, 5.41) is 2.78. The second kappa shape index (κ2) is 9.38. The summed E-state index contributed by atoms with van der Waals surface area (Å²) >= 11 is 0. The van der Waals surface area contributed by atoms with Crippen LogP contribution >= 0.6 is 0 Å². The van der Waals surface area contributed by atoms with Crippen molar-refractivity contribution in [3.05, 3.63) is 88.6 Å². The molecule has 9 heteroatoms. The monoisotopic (exact) mass is 465 g/mol. The van der Waals surface area contributed by atoms with Crippen LogP contribution in [0.2, 0.25) is 0 Å². The third-order valence-corrected chi connectivity index (χ3v) is 5.72. The number of methoxy groups -OCH3 is 1. The summed E-state index contributed by atoms with van der Waals surface area (Å²) in [7, 11) is 3.03. The Balaban J connectivity index is 1.55. The Morgan fingerprint density at radius 1 is 1.06 bits per heavy atom. The molecular weight excluding hydrogens is 444 g/mol. The first-order chi connectivity index (χ1) is 16.3. The molecule has 0 saturated carbocycles. The highest BCUT2D eigenvalue weighted by atomic mass is 19.2. The van der Waals surface area contributed by atoms with E-state index in [0.29, 0.717) is 17.1 Å². The normalized spacial score (nSPS) is 15.2. The third-order valence-electron chi connectivity index (χ3n) is 5.72. The molecule has 4 rings (SSSR count). The smallest absolute Gasteiger partial charge is 0.251 e. The molecule has 34 heavy (non-hydrogen) atoms. The fourth-order valence-corrected chi connectivity index (χ4v) is 3.86. The first-order valence-corrected chi connectivity index (χ1v) is 10.5. The lowest BCUT2D eigenvalue weighted by atomic mass is 9.85. The number of ketones is 1. The van der Waals surface area contributed by atoms with Gasteiger partial charge in [-0.15, -0.1) is 0 Å². The van der Waals surface area contributed by atoms with Crippen molar-refractivity contribution >= 4 is 23.3 Å². The van der Waals surface area contributed by atoms with Gasteiger partial charge in [-0.05, 0) is 53.9 Å². The van der Waals surface area contributed by atoms with Gasteiger partial charge >= 0.3 is 0 Å². The standard InChI is InChI=1S/C25H21F2N3O4/c1-30-21-6-4-16(24(32)29-13-15-7-8-28-22(11-15)34-2)12-17(21)23(31)18(25(30)33)9-14-3-5-19(26)20(27)10-14/h3-8,10-12,18H,9,13H2,1-2H3,(H,29,32). The van der Waals surface area contributed by atoms with Gasteiger partial charge < -0.3 is 15.0 Å². The number of benzene rings is 2. The number of amides is 2. The van der Waals surface area contributed by atoms with Gasteiger partial charge in [-0.2, -0.15) is 0 Å². The lowest BCUT2D eigenvalue weighted by molar-refractivity contribution is -0.121. The summed E-state index contributed by atoms with van der Waals surface area (Å²) in [4.78, 5) is 44.1. The minimum atomic E-state index is -1.11. The molecule has 0 saturated heterocycles. The summed E-state index contributed by atoms with van der Waals surface area (Å²) in [5.41, 5.74) is 1.96. The number of ether oxygens (including phenoxy) is 1. The molecule has 2 amide bonds. The molecule has 1 aliphatic rings. The summed E-state index contributed by atoms with van der Waals surface area (Å²) < 4.78 is 31.9. The maximum Gasteiger partial charge on any atom is 0.251 e. The Labute approximate surface area is 194 Å². The van der Waals surface area contributed by atoms with Gasteiger partial charge in [-0.25, -0.2) is 13.8 Å². The Kier molecular flexibility index (Phi) is 6.36. The van der Waals surface area contributed by atoms with E-state index in [1.807, 2.05) is 0 Å². The lowest BCUT2D eigenvalue weighted by Gasteiger charge is -2.30. The highest BCUT2D eigenvalue weighted by molar-refractivity contribution is 6.22. The number of carbonyl (C=O) groups is 3. The molecule has 3 aromatic rings. The SMILES string of the molecule is COc1cc(CNC(=O)c2ccc3c(c2)C(=O)C(Cc2ccc(F)c(F)c2)C(=O)N3C)ccn1. The molecule has 0 aliphatic carbocycles. The van der Waals surface area contributed by atoms with Crippen molar-refractivity contribution in [1.82, 2.24) is 10.3 Å². The number of carbonyl (C=O) groups excluding carboxylic acids is 3. The number of anilines is 1. The molecule has 1 aromatic heterocycles. The molecule has 174 valence electrons. The Bertz CT molecular complexity index is 1290. The number of nitrogens with zero attached hydrogens (tertiary/aromatic N) is 2. The maximum atomic E-state index is 13.6. The second-order valence-electron chi connectivity index (χ2n) is 7.89. The van der Waals surface area contributed by atoms with Crippen molar-refractivity contribution in [1.29, 1.82) is 0 Å². The molecule has 0 radical (unpaired) electrons. The summed E-state index contributed by atoms with van der Waals surface area (Å²) in [6.45, 7) is 0.222. The van der Waals surface area contributed by atoms with E-state index in [9.17, 15) is 23.2 Å². The van der Waals surface area contributed by atoms with E-state index in [-0.39, 0.29) is 24.1 Å². The van der Waals surface area contributed by atoms with Crippen LogP contribution in [0.5, 0.6) is 5.88 Å². The molecule has 2 aromatic carbocycles. The van der Waals surface area contributed by atoms with Crippen molar-refractivity contribution in [2.45, 2.75) is 13.0 Å². The minimum Gasteiger partial charge on any atom is -0.481 e. The van der Waals surface area contributed by atoms with Crippen LogP contribution in [0.3, 0.4) is 0 Å². The third kappa shape index (κ3) is 4.50. The van der Waals surface area contributed by atoms with E-state index in [1.165, 1.54) is 37.3 Å². The Morgan fingerprint density at radius 3 is 2.59 bits per heavy atom. The molecule has 1 N–H and O–H groups in total. The van der Waals surface area contributed by atoms with Crippen LogP contribution in [-0.2, 0) is 17.8 Å². The summed E-state index contributed by atoms with van der Waals surface area (Å²) in [6.07, 6.45) is 1.48. The van der Waals surface area contributed by atoms with Gasteiger partial charge in [0, 0.05) is 37.0 Å².